The zero-order chi connectivity index (χ0) is 40.7. The third-order valence-corrected chi connectivity index (χ3v) is 15.1. The molecule has 0 aliphatic carbocycles. The molecule has 298 valence electrons. The lowest BCUT2D eigenvalue weighted by Gasteiger charge is -2.59. The number of rotatable bonds is 22. The summed E-state index contributed by atoms with van der Waals surface area (Å²) >= 11 is 0. The first kappa shape index (κ1) is 47.7. The topological polar surface area (TPSA) is 36.9 Å². The van der Waals surface area contributed by atoms with Crippen molar-refractivity contribution in [2.45, 2.75) is 148 Å². The predicted octanol–water partition coefficient (Wildman–Crippen LogP) is 13.2. The molecule has 0 unspecified atom stereocenters. The molecule has 0 saturated heterocycles. The highest BCUT2D eigenvalue weighted by Gasteiger charge is 2.56. The zero-order valence-electron chi connectivity index (χ0n) is 37.5. The van der Waals surface area contributed by atoms with Crippen LogP contribution in [0.5, 0.6) is 0 Å². The Labute approximate surface area is 322 Å². The molecule has 0 saturated carbocycles. The summed E-state index contributed by atoms with van der Waals surface area (Å²) in [5.41, 5.74) is 3.27. The molecule has 4 heteroatoms. The van der Waals surface area contributed by atoms with E-state index in [1.165, 1.54) is 29.2 Å². The Morgan fingerprint density at radius 3 is 1.04 bits per heavy atom. The van der Waals surface area contributed by atoms with Gasteiger partial charge in [0.05, 0.1) is 39.0 Å². The summed E-state index contributed by atoms with van der Waals surface area (Å²) < 4.78 is 22.0. The average Bonchev–Trinajstić information content (AvgIpc) is 3.02. The first-order valence-electron chi connectivity index (χ1n) is 19.6. The third kappa shape index (κ3) is 10.1. The Balaban J connectivity index is 3.71. The molecule has 1 aromatic carbocycles. The largest absolute Gasteiger partial charge is 0.499 e. The van der Waals surface area contributed by atoms with Crippen LogP contribution >= 0.6 is 0 Å². The summed E-state index contributed by atoms with van der Waals surface area (Å²) in [6.45, 7) is 56.5. The number of benzene rings is 1. The molecular weight excluding hydrogens is 641 g/mol. The van der Waals surface area contributed by atoms with Gasteiger partial charge in [0.2, 0.25) is 0 Å². The van der Waals surface area contributed by atoms with Crippen molar-refractivity contribution in [1.82, 2.24) is 0 Å². The zero-order valence-corrected chi connectivity index (χ0v) is 37.5. The number of hydrogen-bond donors (Lipinski definition) is 0. The van der Waals surface area contributed by atoms with Crippen LogP contribution in [-0.4, -0.2) is 39.6 Å². The molecule has 4 nitrogen and oxygen atoms in total. The lowest BCUT2D eigenvalue weighted by molar-refractivity contribution is -0.0432. The summed E-state index contributed by atoms with van der Waals surface area (Å²) in [6.07, 6.45) is 12.0. The predicted molar refractivity (Wildman–Crippen MR) is 226 cm³/mol. The van der Waals surface area contributed by atoms with Gasteiger partial charge in [-0.2, -0.15) is 0 Å². The fraction of sp³-hybridized carbons (Fsp3) is 0.708. The van der Waals surface area contributed by atoms with Crippen LogP contribution in [0.1, 0.15) is 148 Å². The van der Waals surface area contributed by atoms with Crippen LogP contribution in [0, 0.1) is 32.5 Å². The molecule has 52 heavy (non-hydrogen) atoms. The fourth-order valence-corrected chi connectivity index (χ4v) is 7.46. The molecule has 1 aromatic rings. The Bertz CT molecular complexity index is 1260. The van der Waals surface area contributed by atoms with E-state index in [4.69, 9.17) is 18.9 Å². The van der Waals surface area contributed by atoms with Gasteiger partial charge in [-0.3, -0.25) is 0 Å². The van der Waals surface area contributed by atoms with Crippen LogP contribution in [0.25, 0.3) is 0 Å². The maximum atomic E-state index is 5.79. The summed E-state index contributed by atoms with van der Waals surface area (Å²) in [5, 5.41) is 0. The van der Waals surface area contributed by atoms with Crippen LogP contribution in [-0.2, 0) is 35.2 Å². The summed E-state index contributed by atoms with van der Waals surface area (Å²) in [4.78, 5) is 0. The molecule has 1 rings (SSSR count). The van der Waals surface area contributed by atoms with Crippen molar-refractivity contribution >= 4 is 0 Å². The summed E-state index contributed by atoms with van der Waals surface area (Å²) in [7, 11) is 0. The van der Waals surface area contributed by atoms with Gasteiger partial charge >= 0.3 is 0 Å². The molecule has 0 aromatic heterocycles. The minimum Gasteiger partial charge on any atom is -0.499 e. The third-order valence-electron chi connectivity index (χ3n) is 15.1. The molecule has 0 atom stereocenters. The Morgan fingerprint density at radius 1 is 0.442 bits per heavy atom. The molecule has 0 bridgehead atoms. The first-order valence-corrected chi connectivity index (χ1v) is 19.6. The van der Waals surface area contributed by atoms with E-state index in [1.807, 2.05) is 0 Å². The van der Waals surface area contributed by atoms with E-state index in [2.05, 4.69) is 187 Å². The van der Waals surface area contributed by atoms with Crippen LogP contribution in [0.4, 0.5) is 0 Å². The fourth-order valence-electron chi connectivity index (χ4n) is 7.46. The van der Waals surface area contributed by atoms with Crippen molar-refractivity contribution in [2.24, 2.45) is 32.5 Å². The molecule has 0 aliphatic heterocycles. The van der Waals surface area contributed by atoms with Crippen molar-refractivity contribution in [3.8, 4) is 0 Å². The molecule has 0 radical (unpaired) electrons. The van der Waals surface area contributed by atoms with Gasteiger partial charge in [-0.25, -0.2) is 0 Å². The second-order valence-corrected chi connectivity index (χ2v) is 20.3. The van der Waals surface area contributed by atoms with Gasteiger partial charge in [-0.1, -0.05) is 187 Å². The normalized spacial score (nSPS) is 14.7. The van der Waals surface area contributed by atoms with Gasteiger partial charge in [-0.05, 0) is 65.4 Å². The maximum Gasteiger partial charge on any atom is 0.111 e. The van der Waals surface area contributed by atoms with E-state index in [0.29, 0.717) is 39.6 Å². The van der Waals surface area contributed by atoms with Crippen molar-refractivity contribution < 1.29 is 18.9 Å². The molecule has 0 amide bonds. The van der Waals surface area contributed by atoms with Gasteiger partial charge in [0.15, 0.2) is 0 Å². The van der Waals surface area contributed by atoms with Crippen LogP contribution < -0.4 is 0 Å². The van der Waals surface area contributed by atoms with Gasteiger partial charge in [-0.15, -0.1) is 0 Å². The highest BCUT2D eigenvalue weighted by molar-refractivity contribution is 5.43. The van der Waals surface area contributed by atoms with Gasteiger partial charge in [0.1, 0.15) is 13.2 Å². The number of allylic oxidation sites excluding steroid dienone is 2. The van der Waals surface area contributed by atoms with Crippen molar-refractivity contribution in [3.63, 3.8) is 0 Å². The van der Waals surface area contributed by atoms with E-state index in [1.54, 1.807) is 0 Å². The van der Waals surface area contributed by atoms with E-state index < -0.39 is 0 Å². The smallest absolute Gasteiger partial charge is 0.111 e. The standard InChI is InChI=1S/C48H82O4/c1-22-49-30-32-51-28-24-26-41(6,7)45(14,15)47(18,19)43(10,11)38-34-37(40(3,4)5)35-39(36-38)44(12,13)48(20,21)46(16,17)42(8,9)27-25-29-52-33-31-50-23-2/h22-27,34-36H,1-2,28-33H2,3-21H3/b26-24+,27-25+. The SMILES string of the molecule is C=COCCOC/C=C/C(C)(C)C(C)(C)C(C)(C)C(C)(C)c1cc(C(C)(C)C)cc(C(C)(C)C(C)(C)C(C)(C)C(C)(C)/C=C/COCCOC=C)c1. The number of ether oxygens (including phenoxy) is 4. The molecule has 0 fully saturated rings. The lowest BCUT2D eigenvalue weighted by Crippen LogP contribution is -2.54. The molecule has 0 N–H and O–H groups in total. The maximum absolute atomic E-state index is 5.79. The second kappa shape index (κ2) is 17.4. The summed E-state index contributed by atoms with van der Waals surface area (Å²) in [5.74, 6) is 0. The van der Waals surface area contributed by atoms with E-state index in [0.717, 1.165) is 0 Å². The van der Waals surface area contributed by atoms with E-state index >= 15 is 0 Å². The first-order chi connectivity index (χ1) is 23.4. The molecule has 0 aliphatic rings. The van der Waals surface area contributed by atoms with Crippen LogP contribution in [0.15, 0.2) is 68.2 Å². The quantitative estimate of drug-likeness (QED) is 0.0678. The molecular formula is C48H82O4. The highest BCUT2D eigenvalue weighted by Crippen LogP contribution is 2.62. The molecule has 0 spiro atoms. The van der Waals surface area contributed by atoms with E-state index in [-0.39, 0.29) is 48.7 Å². The van der Waals surface area contributed by atoms with Crippen LogP contribution in [0.2, 0.25) is 0 Å². The number of hydrogen-bond acceptors (Lipinski definition) is 4. The Morgan fingerprint density at radius 2 is 0.750 bits per heavy atom. The Hall–Kier alpha value is -2.30. The monoisotopic (exact) mass is 723 g/mol. The van der Waals surface area contributed by atoms with Crippen LogP contribution in [0.3, 0.4) is 0 Å². The van der Waals surface area contributed by atoms with Crippen molar-refractivity contribution in [1.29, 1.82) is 0 Å². The minimum atomic E-state index is -0.162. The molecule has 0 heterocycles. The lowest BCUT2D eigenvalue weighted by atomic mass is 9.45. The second-order valence-electron chi connectivity index (χ2n) is 20.3. The van der Waals surface area contributed by atoms with E-state index in [9.17, 15) is 0 Å². The average molecular weight is 723 g/mol. The highest BCUT2D eigenvalue weighted by atomic mass is 16.5. The van der Waals surface area contributed by atoms with Gasteiger partial charge in [0, 0.05) is 0 Å². The van der Waals surface area contributed by atoms with Crippen molar-refractivity contribution in [3.05, 3.63) is 84.9 Å². The van der Waals surface area contributed by atoms with Gasteiger partial charge < -0.3 is 18.9 Å². The summed E-state index contributed by atoms with van der Waals surface area (Å²) in [6, 6.07) is 7.56. The minimum absolute atomic E-state index is 0.00627. The van der Waals surface area contributed by atoms with Crippen molar-refractivity contribution in [2.75, 3.05) is 39.6 Å². The Kier molecular flexibility index (Phi) is 16.0. The van der Waals surface area contributed by atoms with Gasteiger partial charge in [0.25, 0.3) is 0 Å².